The van der Waals surface area contributed by atoms with Gasteiger partial charge in [0, 0.05) is 33.2 Å². The molecule has 1 amide bonds. The van der Waals surface area contributed by atoms with Gasteiger partial charge in [0.1, 0.15) is 0 Å². The molecule has 1 aliphatic rings. The summed E-state index contributed by atoms with van der Waals surface area (Å²) in [6.07, 6.45) is 2.71. The molecule has 13 heavy (non-hydrogen) atoms. The number of hydrogen-bond acceptors (Lipinski definition) is 3. The van der Waals surface area contributed by atoms with Gasteiger partial charge in [-0.25, -0.2) is 0 Å². The summed E-state index contributed by atoms with van der Waals surface area (Å²) in [5.41, 5.74) is 5.32. The average molecular weight is 186 g/mol. The molecular weight excluding hydrogens is 168 g/mol. The van der Waals surface area contributed by atoms with Crippen LogP contribution in [0.15, 0.2) is 0 Å². The van der Waals surface area contributed by atoms with Crippen LogP contribution in [0.3, 0.4) is 0 Å². The first-order valence-electron chi connectivity index (χ1n) is 4.78. The van der Waals surface area contributed by atoms with Crippen LogP contribution in [0.1, 0.15) is 19.3 Å². The van der Waals surface area contributed by atoms with Crippen molar-refractivity contribution in [3.63, 3.8) is 0 Å². The summed E-state index contributed by atoms with van der Waals surface area (Å²) in [4.78, 5) is 13.3. The second-order valence-corrected chi connectivity index (χ2v) is 3.35. The van der Waals surface area contributed by atoms with E-state index in [-0.39, 0.29) is 5.91 Å². The van der Waals surface area contributed by atoms with Crippen molar-refractivity contribution in [1.29, 1.82) is 0 Å². The molecule has 2 N–H and O–H groups in total. The maximum atomic E-state index is 11.4. The largest absolute Gasteiger partial charge is 0.381 e. The highest BCUT2D eigenvalue weighted by Crippen LogP contribution is 2.13. The minimum Gasteiger partial charge on any atom is -0.381 e. The van der Waals surface area contributed by atoms with Crippen LogP contribution in [0.2, 0.25) is 0 Å². The Balaban J connectivity index is 2.28. The van der Waals surface area contributed by atoms with Crippen molar-refractivity contribution in [2.75, 3.05) is 26.7 Å². The van der Waals surface area contributed by atoms with Crippen molar-refractivity contribution in [2.45, 2.75) is 25.4 Å². The van der Waals surface area contributed by atoms with E-state index in [0.29, 0.717) is 19.1 Å². The smallest absolute Gasteiger partial charge is 0.223 e. The number of piperidine rings is 1. The number of likely N-dealkylation sites (tertiary alicyclic amines) is 1. The fraction of sp³-hybridized carbons (Fsp3) is 0.889. The van der Waals surface area contributed by atoms with E-state index in [0.717, 1.165) is 25.9 Å². The number of hydrogen-bond donors (Lipinski definition) is 1. The van der Waals surface area contributed by atoms with E-state index in [9.17, 15) is 4.79 Å². The SMILES string of the molecule is COC1CCN(C(=O)CCN)CC1. The quantitative estimate of drug-likeness (QED) is 0.673. The molecule has 4 nitrogen and oxygen atoms in total. The lowest BCUT2D eigenvalue weighted by Crippen LogP contribution is -2.41. The van der Waals surface area contributed by atoms with Crippen LogP contribution in [0.25, 0.3) is 0 Å². The monoisotopic (exact) mass is 186 g/mol. The first kappa shape index (κ1) is 10.5. The lowest BCUT2D eigenvalue weighted by atomic mass is 10.1. The van der Waals surface area contributed by atoms with Gasteiger partial charge in [0.15, 0.2) is 0 Å². The molecule has 0 aromatic carbocycles. The van der Waals surface area contributed by atoms with Crippen LogP contribution in [0, 0.1) is 0 Å². The summed E-state index contributed by atoms with van der Waals surface area (Å²) < 4.78 is 5.22. The molecular formula is C9H18N2O2. The summed E-state index contributed by atoms with van der Waals surface area (Å²) in [7, 11) is 1.72. The Kier molecular flexibility index (Phi) is 4.18. The molecule has 0 saturated carbocycles. The number of rotatable bonds is 3. The molecule has 0 aliphatic carbocycles. The van der Waals surface area contributed by atoms with E-state index >= 15 is 0 Å². The minimum atomic E-state index is 0.178. The molecule has 1 fully saturated rings. The first-order chi connectivity index (χ1) is 6.27. The molecule has 0 radical (unpaired) electrons. The zero-order valence-electron chi connectivity index (χ0n) is 8.16. The van der Waals surface area contributed by atoms with E-state index in [1.54, 1.807) is 7.11 Å². The second kappa shape index (κ2) is 5.19. The lowest BCUT2D eigenvalue weighted by Gasteiger charge is -2.31. The minimum absolute atomic E-state index is 0.178. The van der Waals surface area contributed by atoms with Crippen LogP contribution >= 0.6 is 0 Å². The van der Waals surface area contributed by atoms with Crippen LogP contribution in [-0.4, -0.2) is 43.7 Å². The summed E-state index contributed by atoms with van der Waals surface area (Å²) >= 11 is 0. The third-order valence-electron chi connectivity index (χ3n) is 2.49. The zero-order valence-corrected chi connectivity index (χ0v) is 8.16. The van der Waals surface area contributed by atoms with E-state index in [4.69, 9.17) is 10.5 Å². The molecule has 1 rings (SSSR count). The predicted molar refractivity (Wildman–Crippen MR) is 50.3 cm³/mol. The molecule has 0 atom stereocenters. The highest BCUT2D eigenvalue weighted by atomic mass is 16.5. The van der Waals surface area contributed by atoms with Gasteiger partial charge in [-0.05, 0) is 12.8 Å². The standard InChI is InChI=1S/C9H18N2O2/c1-13-8-3-6-11(7-4-8)9(12)2-5-10/h8H,2-7,10H2,1H3. The lowest BCUT2D eigenvalue weighted by molar-refractivity contribution is -0.133. The van der Waals surface area contributed by atoms with Crippen molar-refractivity contribution in [2.24, 2.45) is 5.73 Å². The predicted octanol–water partition coefficient (Wildman–Crippen LogP) is -0.0274. The van der Waals surface area contributed by atoms with Gasteiger partial charge in [-0.15, -0.1) is 0 Å². The van der Waals surface area contributed by atoms with Crippen molar-refractivity contribution < 1.29 is 9.53 Å². The van der Waals surface area contributed by atoms with Gasteiger partial charge < -0.3 is 15.4 Å². The summed E-state index contributed by atoms with van der Waals surface area (Å²) in [5, 5.41) is 0. The molecule has 4 heteroatoms. The van der Waals surface area contributed by atoms with Gasteiger partial charge >= 0.3 is 0 Å². The molecule has 1 aliphatic heterocycles. The Morgan fingerprint density at radius 1 is 1.54 bits per heavy atom. The van der Waals surface area contributed by atoms with Gasteiger partial charge in [0.25, 0.3) is 0 Å². The van der Waals surface area contributed by atoms with E-state index < -0.39 is 0 Å². The highest BCUT2D eigenvalue weighted by molar-refractivity contribution is 5.76. The van der Waals surface area contributed by atoms with Gasteiger partial charge in [0.05, 0.1) is 6.10 Å². The number of carbonyl (C=O) groups excluding carboxylic acids is 1. The third kappa shape index (κ3) is 2.97. The number of carbonyl (C=O) groups is 1. The van der Waals surface area contributed by atoms with Crippen LogP contribution in [0.4, 0.5) is 0 Å². The fourth-order valence-corrected chi connectivity index (χ4v) is 1.62. The molecule has 0 bridgehead atoms. The number of amides is 1. The molecule has 0 aromatic rings. The fourth-order valence-electron chi connectivity index (χ4n) is 1.62. The van der Waals surface area contributed by atoms with Crippen molar-refractivity contribution in [3.05, 3.63) is 0 Å². The number of nitrogens with two attached hydrogens (primary N) is 1. The molecule has 0 spiro atoms. The Hall–Kier alpha value is -0.610. The van der Waals surface area contributed by atoms with E-state index in [1.165, 1.54) is 0 Å². The first-order valence-corrected chi connectivity index (χ1v) is 4.78. The number of methoxy groups -OCH3 is 1. The van der Waals surface area contributed by atoms with Crippen molar-refractivity contribution >= 4 is 5.91 Å². The molecule has 0 unspecified atom stereocenters. The van der Waals surface area contributed by atoms with E-state index in [1.807, 2.05) is 4.90 Å². The third-order valence-corrected chi connectivity index (χ3v) is 2.49. The Labute approximate surface area is 79.0 Å². The van der Waals surface area contributed by atoms with Crippen LogP contribution in [-0.2, 0) is 9.53 Å². The summed E-state index contributed by atoms with van der Waals surface area (Å²) in [6, 6.07) is 0. The maximum absolute atomic E-state index is 11.4. The Morgan fingerprint density at radius 3 is 2.62 bits per heavy atom. The molecule has 1 heterocycles. The normalized spacial score (nSPS) is 19.1. The summed E-state index contributed by atoms with van der Waals surface area (Å²) in [5.74, 6) is 0.178. The van der Waals surface area contributed by atoms with Crippen LogP contribution in [0.5, 0.6) is 0 Å². The van der Waals surface area contributed by atoms with Gasteiger partial charge in [-0.2, -0.15) is 0 Å². The topological polar surface area (TPSA) is 55.6 Å². The van der Waals surface area contributed by atoms with Crippen molar-refractivity contribution in [1.82, 2.24) is 4.90 Å². The molecule has 76 valence electrons. The average Bonchev–Trinajstić information content (AvgIpc) is 2.18. The molecule has 1 saturated heterocycles. The van der Waals surface area contributed by atoms with Gasteiger partial charge in [-0.3, -0.25) is 4.79 Å². The molecule has 0 aromatic heterocycles. The van der Waals surface area contributed by atoms with Crippen LogP contribution < -0.4 is 5.73 Å². The number of ether oxygens (including phenoxy) is 1. The van der Waals surface area contributed by atoms with Gasteiger partial charge in [0.2, 0.25) is 5.91 Å². The Bertz CT molecular complexity index is 165. The second-order valence-electron chi connectivity index (χ2n) is 3.35. The van der Waals surface area contributed by atoms with Gasteiger partial charge in [-0.1, -0.05) is 0 Å². The van der Waals surface area contributed by atoms with E-state index in [2.05, 4.69) is 0 Å². The maximum Gasteiger partial charge on any atom is 0.223 e. The summed E-state index contributed by atoms with van der Waals surface area (Å²) in [6.45, 7) is 2.08. The van der Waals surface area contributed by atoms with Crippen molar-refractivity contribution in [3.8, 4) is 0 Å². The number of nitrogens with zero attached hydrogens (tertiary/aromatic N) is 1. The highest BCUT2D eigenvalue weighted by Gasteiger charge is 2.21. The zero-order chi connectivity index (χ0) is 9.68. The Morgan fingerprint density at radius 2 is 2.15 bits per heavy atom.